The summed E-state index contributed by atoms with van der Waals surface area (Å²) in [7, 11) is 0. The number of hydrogen-bond acceptors (Lipinski definition) is 3. The molecule has 2 unspecified atom stereocenters. The molecule has 1 aliphatic heterocycles. The van der Waals surface area contributed by atoms with Gasteiger partial charge in [-0.05, 0) is 66.8 Å². The molecule has 3 fully saturated rings. The standard InChI is InChI=1S/C25H23F3N4O/c26-19-2-1-14-12-31(30-23(14)11-19)13-18-9-22(16-5-15(18)6-16)25(33)32-24(3-4-29-32)17-7-20(27)10-21(28)8-17/h1-2,4,7-8,10-12,15-16,18,22,24H,3,5-6,9,13H2/t15?,16?,18-,22?,24?/m0/s1. The quantitative estimate of drug-likeness (QED) is 0.555. The first-order valence-corrected chi connectivity index (χ1v) is 11.4. The zero-order valence-electron chi connectivity index (χ0n) is 17.9. The Bertz CT molecular complexity index is 1250. The number of carbonyl (C=O) groups excluding carboxylic acids is 1. The Labute approximate surface area is 188 Å². The van der Waals surface area contributed by atoms with Crippen molar-refractivity contribution >= 4 is 23.0 Å². The maximum absolute atomic E-state index is 13.8. The van der Waals surface area contributed by atoms with Crippen LogP contribution in [0.1, 0.15) is 37.3 Å². The van der Waals surface area contributed by atoms with Gasteiger partial charge in [0.15, 0.2) is 0 Å². The molecule has 2 aromatic carbocycles. The van der Waals surface area contributed by atoms with Crippen LogP contribution < -0.4 is 0 Å². The molecule has 0 saturated heterocycles. The molecule has 2 bridgehead atoms. The van der Waals surface area contributed by atoms with Crippen LogP contribution in [0.5, 0.6) is 0 Å². The summed E-state index contributed by atoms with van der Waals surface area (Å²) in [5, 5.41) is 11.1. The third-order valence-corrected chi connectivity index (χ3v) is 7.58. The van der Waals surface area contributed by atoms with Crippen LogP contribution in [0.15, 0.2) is 47.7 Å². The van der Waals surface area contributed by atoms with Gasteiger partial charge in [0.2, 0.25) is 5.91 Å². The van der Waals surface area contributed by atoms with E-state index in [1.54, 1.807) is 12.3 Å². The van der Waals surface area contributed by atoms with E-state index < -0.39 is 17.7 Å². The molecule has 3 atom stereocenters. The van der Waals surface area contributed by atoms with Crippen LogP contribution in [0.4, 0.5) is 13.2 Å². The fourth-order valence-corrected chi connectivity index (χ4v) is 5.87. The molecule has 3 aromatic rings. The molecule has 7 rings (SSSR count). The number of rotatable bonds is 4. The van der Waals surface area contributed by atoms with Gasteiger partial charge >= 0.3 is 0 Å². The van der Waals surface area contributed by atoms with Gasteiger partial charge in [-0.1, -0.05) is 0 Å². The van der Waals surface area contributed by atoms with Gasteiger partial charge in [0, 0.05) is 48.8 Å². The predicted octanol–water partition coefficient (Wildman–Crippen LogP) is 5.08. The summed E-state index contributed by atoms with van der Waals surface area (Å²) in [4.78, 5) is 13.5. The van der Waals surface area contributed by atoms with Crippen LogP contribution in [-0.2, 0) is 11.3 Å². The van der Waals surface area contributed by atoms with Crippen molar-refractivity contribution in [1.29, 1.82) is 0 Å². The highest BCUT2D eigenvalue weighted by molar-refractivity contribution is 5.82. The van der Waals surface area contributed by atoms with Crippen molar-refractivity contribution in [2.75, 3.05) is 0 Å². The number of aromatic nitrogens is 2. The molecule has 4 aliphatic rings. The lowest BCUT2D eigenvalue weighted by Crippen LogP contribution is -2.49. The van der Waals surface area contributed by atoms with Crippen molar-refractivity contribution < 1.29 is 18.0 Å². The number of fused-ring (bicyclic) bond motifs is 3. The lowest BCUT2D eigenvalue weighted by Gasteiger charge is -2.51. The number of hydrazone groups is 1. The van der Waals surface area contributed by atoms with E-state index in [2.05, 4.69) is 10.2 Å². The van der Waals surface area contributed by atoms with Gasteiger partial charge in [0.25, 0.3) is 0 Å². The molecule has 1 amide bonds. The van der Waals surface area contributed by atoms with Crippen molar-refractivity contribution in [3.8, 4) is 0 Å². The van der Waals surface area contributed by atoms with Gasteiger partial charge < -0.3 is 0 Å². The average Bonchev–Trinajstić information content (AvgIpc) is 3.38. The first kappa shape index (κ1) is 20.4. The van der Waals surface area contributed by atoms with Crippen molar-refractivity contribution in [3.05, 3.63) is 65.6 Å². The smallest absolute Gasteiger partial charge is 0.246 e. The maximum atomic E-state index is 13.8. The van der Waals surface area contributed by atoms with E-state index in [9.17, 15) is 18.0 Å². The van der Waals surface area contributed by atoms with Crippen LogP contribution >= 0.6 is 0 Å². The van der Waals surface area contributed by atoms with E-state index in [-0.39, 0.29) is 17.6 Å². The number of amides is 1. The van der Waals surface area contributed by atoms with Gasteiger partial charge in [-0.2, -0.15) is 10.2 Å². The van der Waals surface area contributed by atoms with Crippen molar-refractivity contribution in [3.63, 3.8) is 0 Å². The van der Waals surface area contributed by atoms with E-state index in [1.165, 1.54) is 29.3 Å². The number of halogens is 3. The van der Waals surface area contributed by atoms with Gasteiger partial charge in [-0.15, -0.1) is 0 Å². The molecule has 8 heteroatoms. The number of hydrogen-bond donors (Lipinski definition) is 0. The molecule has 3 aliphatic carbocycles. The highest BCUT2D eigenvalue weighted by atomic mass is 19.1. The Hall–Kier alpha value is -3.16. The van der Waals surface area contributed by atoms with Crippen LogP contribution in [0.25, 0.3) is 10.9 Å². The second-order valence-electron chi connectivity index (χ2n) is 9.58. The highest BCUT2D eigenvalue weighted by Gasteiger charge is 2.50. The highest BCUT2D eigenvalue weighted by Crippen LogP contribution is 2.53. The Morgan fingerprint density at radius 2 is 1.76 bits per heavy atom. The number of nitrogens with zero attached hydrogens (tertiary/aromatic N) is 4. The first-order valence-electron chi connectivity index (χ1n) is 11.4. The van der Waals surface area contributed by atoms with Crippen LogP contribution in [0, 0.1) is 41.1 Å². The van der Waals surface area contributed by atoms with E-state index in [4.69, 9.17) is 0 Å². The largest absolute Gasteiger partial charge is 0.273 e. The first-order chi connectivity index (χ1) is 15.9. The molecule has 3 saturated carbocycles. The van der Waals surface area contributed by atoms with Crippen molar-refractivity contribution in [2.45, 2.75) is 38.3 Å². The van der Waals surface area contributed by atoms with E-state index >= 15 is 0 Å². The number of benzene rings is 2. The third-order valence-electron chi connectivity index (χ3n) is 7.58. The minimum atomic E-state index is -0.657. The average molecular weight is 452 g/mol. The van der Waals surface area contributed by atoms with Crippen molar-refractivity contribution in [1.82, 2.24) is 14.8 Å². The van der Waals surface area contributed by atoms with Gasteiger partial charge in [0.05, 0.1) is 11.6 Å². The summed E-state index contributed by atoms with van der Waals surface area (Å²) in [5.74, 6) is -0.691. The van der Waals surface area contributed by atoms with Gasteiger partial charge in [-0.25, -0.2) is 18.2 Å². The predicted molar refractivity (Wildman–Crippen MR) is 117 cm³/mol. The molecule has 0 N–H and O–H groups in total. The van der Waals surface area contributed by atoms with Crippen LogP contribution in [0.3, 0.4) is 0 Å². The SMILES string of the molecule is O=C(C1C[C@@H](Cn2cc3ccc(F)cc3n2)C2CC1C2)N1N=CCC1c1cc(F)cc(F)c1. The van der Waals surface area contributed by atoms with E-state index in [0.717, 1.165) is 30.7 Å². The second kappa shape index (κ2) is 7.71. The van der Waals surface area contributed by atoms with Crippen LogP contribution in [-0.4, -0.2) is 26.9 Å². The Morgan fingerprint density at radius 3 is 2.55 bits per heavy atom. The topological polar surface area (TPSA) is 50.5 Å². The Kier molecular flexibility index (Phi) is 4.78. The molecule has 0 spiro atoms. The molecule has 33 heavy (non-hydrogen) atoms. The summed E-state index contributed by atoms with van der Waals surface area (Å²) >= 11 is 0. The minimum absolute atomic E-state index is 0.0701. The molecule has 2 heterocycles. The maximum Gasteiger partial charge on any atom is 0.246 e. The molecule has 0 radical (unpaired) electrons. The van der Waals surface area contributed by atoms with E-state index in [0.29, 0.717) is 41.8 Å². The molecule has 5 nitrogen and oxygen atoms in total. The minimum Gasteiger partial charge on any atom is -0.273 e. The molecule has 170 valence electrons. The summed E-state index contributed by atoms with van der Waals surface area (Å²) in [6.45, 7) is 0.680. The molecular formula is C25H23F3N4O. The van der Waals surface area contributed by atoms with Crippen LogP contribution in [0.2, 0.25) is 0 Å². The summed E-state index contributed by atoms with van der Waals surface area (Å²) in [5.41, 5.74) is 1.05. The van der Waals surface area contributed by atoms with Gasteiger partial charge in [0.1, 0.15) is 17.5 Å². The lowest BCUT2D eigenvalue weighted by atomic mass is 9.55. The zero-order chi connectivity index (χ0) is 22.7. The fourth-order valence-electron chi connectivity index (χ4n) is 5.87. The molecule has 1 aromatic heterocycles. The summed E-state index contributed by atoms with van der Waals surface area (Å²) < 4.78 is 42.9. The zero-order valence-corrected chi connectivity index (χ0v) is 17.9. The fraction of sp³-hybridized carbons (Fsp3) is 0.400. The molecular weight excluding hydrogens is 429 g/mol. The van der Waals surface area contributed by atoms with Gasteiger partial charge in [-0.3, -0.25) is 9.48 Å². The van der Waals surface area contributed by atoms with Crippen molar-refractivity contribution in [2.24, 2.45) is 28.8 Å². The monoisotopic (exact) mass is 452 g/mol. The summed E-state index contributed by atoms with van der Waals surface area (Å²) in [6.07, 6.45) is 6.73. The Morgan fingerprint density at radius 1 is 0.970 bits per heavy atom. The lowest BCUT2D eigenvalue weighted by molar-refractivity contribution is -0.147. The third kappa shape index (κ3) is 3.61. The number of carbonyl (C=O) groups is 1. The normalized spacial score (nSPS) is 28.3. The Balaban J connectivity index is 1.20. The van der Waals surface area contributed by atoms with E-state index in [1.807, 2.05) is 10.9 Å². The second-order valence-corrected chi connectivity index (χ2v) is 9.58. The summed E-state index contributed by atoms with van der Waals surface area (Å²) in [6, 6.07) is 7.48.